The molecule has 0 saturated carbocycles. The Kier molecular flexibility index (Phi) is 3.58. The molecule has 1 atom stereocenters. The summed E-state index contributed by atoms with van der Waals surface area (Å²) < 4.78 is 0. The van der Waals surface area contributed by atoms with Crippen molar-refractivity contribution in [1.82, 2.24) is 15.3 Å². The predicted octanol–water partition coefficient (Wildman–Crippen LogP) is 1.77. The van der Waals surface area contributed by atoms with Gasteiger partial charge in [-0.3, -0.25) is 14.6 Å². The first-order valence-corrected chi connectivity index (χ1v) is 7.05. The van der Waals surface area contributed by atoms with Gasteiger partial charge in [0.15, 0.2) is 0 Å². The van der Waals surface area contributed by atoms with E-state index in [2.05, 4.69) is 20.6 Å². The third-order valence-corrected chi connectivity index (χ3v) is 3.62. The second kappa shape index (κ2) is 5.55. The lowest BCUT2D eigenvalue weighted by atomic mass is 10.0. The summed E-state index contributed by atoms with van der Waals surface area (Å²) in [6.07, 6.45) is 3.40. The third-order valence-electron chi connectivity index (χ3n) is 3.62. The Bertz CT molecular complexity index is 740. The first-order chi connectivity index (χ1) is 10.5. The highest BCUT2D eigenvalue weighted by Gasteiger charge is 2.19. The molecule has 1 aromatic carbocycles. The van der Waals surface area contributed by atoms with Gasteiger partial charge in [-0.05, 0) is 31.0 Å². The first kappa shape index (κ1) is 14.2. The Labute approximate surface area is 128 Å². The largest absolute Gasteiger partial charge is 0.344 e. The van der Waals surface area contributed by atoms with Gasteiger partial charge in [0.1, 0.15) is 5.69 Å². The van der Waals surface area contributed by atoms with Crippen LogP contribution in [0.5, 0.6) is 0 Å². The molecule has 0 spiro atoms. The lowest BCUT2D eigenvalue weighted by Gasteiger charge is -2.15. The molecule has 1 aliphatic heterocycles. The molecular weight excluding hydrogens is 280 g/mol. The highest BCUT2D eigenvalue weighted by Crippen LogP contribution is 2.26. The summed E-state index contributed by atoms with van der Waals surface area (Å²) in [5.74, 6) is -0.270. The number of carbonyl (C=O) groups excluding carboxylic acids is 2. The quantitative estimate of drug-likeness (QED) is 0.904. The van der Waals surface area contributed by atoms with Crippen LogP contribution in [0.2, 0.25) is 0 Å². The molecule has 3 rings (SSSR count). The SMILES string of the molecule is Cc1cnc(C(=O)N[C@H](C)c2ccc3c(c2)CC(=O)N3)cn1. The van der Waals surface area contributed by atoms with E-state index in [1.54, 1.807) is 6.20 Å². The zero-order chi connectivity index (χ0) is 15.7. The number of nitrogens with zero attached hydrogens (tertiary/aromatic N) is 2. The third kappa shape index (κ3) is 2.81. The molecule has 6 heteroatoms. The van der Waals surface area contributed by atoms with Crippen LogP contribution in [0.4, 0.5) is 5.69 Å². The molecule has 1 aromatic heterocycles. The number of anilines is 1. The van der Waals surface area contributed by atoms with E-state index in [0.717, 1.165) is 22.5 Å². The number of aryl methyl sites for hydroxylation is 1. The topological polar surface area (TPSA) is 84.0 Å². The van der Waals surface area contributed by atoms with Crippen molar-refractivity contribution in [1.29, 1.82) is 0 Å². The van der Waals surface area contributed by atoms with Gasteiger partial charge in [0.2, 0.25) is 5.91 Å². The summed E-state index contributed by atoms with van der Waals surface area (Å²) in [5, 5.41) is 5.68. The highest BCUT2D eigenvalue weighted by molar-refractivity contribution is 5.99. The number of benzene rings is 1. The summed E-state index contributed by atoms with van der Waals surface area (Å²) in [6.45, 7) is 3.71. The molecule has 0 radical (unpaired) electrons. The van der Waals surface area contributed by atoms with Gasteiger partial charge in [-0.1, -0.05) is 12.1 Å². The molecule has 1 aliphatic rings. The molecule has 6 nitrogen and oxygen atoms in total. The Hall–Kier alpha value is -2.76. The van der Waals surface area contributed by atoms with Crippen molar-refractivity contribution >= 4 is 17.5 Å². The summed E-state index contributed by atoms with van der Waals surface area (Å²) in [4.78, 5) is 31.7. The first-order valence-electron chi connectivity index (χ1n) is 7.05. The monoisotopic (exact) mass is 296 g/mol. The Morgan fingerprint density at radius 3 is 2.86 bits per heavy atom. The van der Waals surface area contributed by atoms with E-state index in [0.29, 0.717) is 6.42 Å². The van der Waals surface area contributed by atoms with Gasteiger partial charge in [-0.25, -0.2) is 4.98 Å². The molecular formula is C16H16N4O2. The van der Waals surface area contributed by atoms with Crippen molar-refractivity contribution in [2.75, 3.05) is 5.32 Å². The van der Waals surface area contributed by atoms with E-state index >= 15 is 0 Å². The van der Waals surface area contributed by atoms with Crippen LogP contribution >= 0.6 is 0 Å². The number of nitrogens with one attached hydrogen (secondary N) is 2. The van der Waals surface area contributed by atoms with E-state index in [-0.39, 0.29) is 23.6 Å². The minimum Gasteiger partial charge on any atom is -0.344 e. The van der Waals surface area contributed by atoms with E-state index in [4.69, 9.17) is 0 Å². The number of carbonyl (C=O) groups is 2. The van der Waals surface area contributed by atoms with Crippen LogP contribution in [0.25, 0.3) is 0 Å². The van der Waals surface area contributed by atoms with Crippen LogP contribution in [0.1, 0.15) is 40.3 Å². The summed E-state index contributed by atoms with van der Waals surface area (Å²) in [5.41, 5.74) is 3.80. The highest BCUT2D eigenvalue weighted by atomic mass is 16.2. The Morgan fingerprint density at radius 1 is 1.32 bits per heavy atom. The fraction of sp³-hybridized carbons (Fsp3) is 0.250. The zero-order valence-corrected chi connectivity index (χ0v) is 12.4. The number of rotatable bonds is 3. The van der Waals surface area contributed by atoms with Gasteiger partial charge >= 0.3 is 0 Å². The maximum Gasteiger partial charge on any atom is 0.271 e. The summed E-state index contributed by atoms with van der Waals surface area (Å²) in [7, 11) is 0. The van der Waals surface area contributed by atoms with Gasteiger partial charge in [0.05, 0.1) is 24.4 Å². The zero-order valence-electron chi connectivity index (χ0n) is 12.4. The van der Waals surface area contributed by atoms with Gasteiger partial charge in [0, 0.05) is 11.9 Å². The van der Waals surface area contributed by atoms with Crippen LogP contribution in [0.15, 0.2) is 30.6 Å². The van der Waals surface area contributed by atoms with E-state index in [9.17, 15) is 9.59 Å². The summed E-state index contributed by atoms with van der Waals surface area (Å²) in [6, 6.07) is 5.52. The van der Waals surface area contributed by atoms with Crippen molar-refractivity contribution in [3.05, 3.63) is 53.1 Å². The maximum atomic E-state index is 12.1. The van der Waals surface area contributed by atoms with E-state index < -0.39 is 0 Å². The van der Waals surface area contributed by atoms with Crippen molar-refractivity contribution in [3.63, 3.8) is 0 Å². The van der Waals surface area contributed by atoms with Crippen LogP contribution in [-0.2, 0) is 11.2 Å². The van der Waals surface area contributed by atoms with Crippen molar-refractivity contribution in [2.24, 2.45) is 0 Å². The fourth-order valence-electron chi connectivity index (χ4n) is 2.38. The second-order valence-electron chi connectivity index (χ2n) is 5.38. The average Bonchev–Trinajstić information content (AvgIpc) is 2.86. The average molecular weight is 296 g/mol. The molecule has 0 fully saturated rings. The lowest BCUT2D eigenvalue weighted by Crippen LogP contribution is -2.27. The van der Waals surface area contributed by atoms with E-state index in [1.807, 2.05) is 32.0 Å². The molecule has 2 aromatic rings. The molecule has 2 amide bonds. The van der Waals surface area contributed by atoms with Crippen LogP contribution in [0.3, 0.4) is 0 Å². The van der Waals surface area contributed by atoms with Gasteiger partial charge in [-0.2, -0.15) is 0 Å². The maximum absolute atomic E-state index is 12.1. The van der Waals surface area contributed by atoms with Gasteiger partial charge in [-0.15, -0.1) is 0 Å². The minimum atomic E-state index is -0.269. The summed E-state index contributed by atoms with van der Waals surface area (Å²) >= 11 is 0. The molecule has 0 saturated heterocycles. The Morgan fingerprint density at radius 2 is 2.14 bits per heavy atom. The second-order valence-corrected chi connectivity index (χ2v) is 5.38. The smallest absolute Gasteiger partial charge is 0.271 e. The number of amides is 2. The van der Waals surface area contributed by atoms with Crippen molar-refractivity contribution < 1.29 is 9.59 Å². The number of hydrogen-bond donors (Lipinski definition) is 2. The molecule has 112 valence electrons. The number of aromatic nitrogens is 2. The molecule has 2 N–H and O–H groups in total. The standard InChI is InChI=1S/C16H16N4O2/c1-9-7-18-14(8-17-9)16(22)19-10(2)11-3-4-13-12(5-11)6-15(21)20-13/h3-5,7-8,10H,6H2,1-2H3,(H,19,22)(H,20,21)/t10-/m1/s1. The fourth-order valence-corrected chi connectivity index (χ4v) is 2.38. The lowest BCUT2D eigenvalue weighted by molar-refractivity contribution is -0.115. The van der Waals surface area contributed by atoms with Crippen LogP contribution in [-0.4, -0.2) is 21.8 Å². The predicted molar refractivity (Wildman–Crippen MR) is 81.4 cm³/mol. The minimum absolute atomic E-state index is 0.00114. The molecule has 0 unspecified atom stereocenters. The van der Waals surface area contributed by atoms with Gasteiger partial charge in [0.25, 0.3) is 5.91 Å². The van der Waals surface area contributed by atoms with Crippen LogP contribution < -0.4 is 10.6 Å². The van der Waals surface area contributed by atoms with Gasteiger partial charge < -0.3 is 10.6 Å². The number of fused-ring (bicyclic) bond motifs is 1. The Balaban J connectivity index is 1.73. The normalized spacial score (nSPS) is 14.2. The molecule has 22 heavy (non-hydrogen) atoms. The molecule has 2 heterocycles. The van der Waals surface area contributed by atoms with Crippen LogP contribution in [0, 0.1) is 6.92 Å². The van der Waals surface area contributed by atoms with Crippen molar-refractivity contribution in [2.45, 2.75) is 26.3 Å². The number of hydrogen-bond acceptors (Lipinski definition) is 4. The van der Waals surface area contributed by atoms with Crippen molar-refractivity contribution in [3.8, 4) is 0 Å². The molecule has 0 bridgehead atoms. The van der Waals surface area contributed by atoms with E-state index in [1.165, 1.54) is 6.20 Å². The molecule has 0 aliphatic carbocycles.